The number of nitrogens with zero attached hydrogens (tertiary/aromatic N) is 1. The summed E-state index contributed by atoms with van der Waals surface area (Å²) in [6.45, 7) is 8.70. The van der Waals surface area contributed by atoms with Crippen molar-refractivity contribution in [3.8, 4) is 0 Å². The first-order valence-electron chi connectivity index (χ1n) is 6.19. The van der Waals surface area contributed by atoms with E-state index in [1.165, 1.54) is 11.3 Å². The molecule has 94 valence electrons. The van der Waals surface area contributed by atoms with Crippen LogP contribution in [0.15, 0.2) is 18.2 Å². The van der Waals surface area contributed by atoms with Gasteiger partial charge in [-0.1, -0.05) is 11.6 Å². The summed E-state index contributed by atoms with van der Waals surface area (Å²) in [5.74, 6) is 0. The number of aryl methyl sites for hydroxylation is 1. The van der Waals surface area contributed by atoms with E-state index in [2.05, 4.69) is 28.5 Å². The molecule has 17 heavy (non-hydrogen) atoms. The van der Waals surface area contributed by atoms with E-state index in [-0.39, 0.29) is 0 Å². The van der Waals surface area contributed by atoms with E-state index in [1.807, 2.05) is 12.1 Å². The minimum absolute atomic E-state index is 0.801. The molecule has 0 spiro atoms. The molecule has 0 radical (unpaired) electrons. The Morgan fingerprint density at radius 2 is 2.12 bits per heavy atom. The molecule has 1 aliphatic heterocycles. The van der Waals surface area contributed by atoms with Crippen LogP contribution in [-0.2, 0) is 0 Å². The van der Waals surface area contributed by atoms with Crippen molar-refractivity contribution in [2.75, 3.05) is 44.6 Å². The lowest BCUT2D eigenvalue weighted by Crippen LogP contribution is -2.45. The number of rotatable bonds is 4. The Morgan fingerprint density at radius 1 is 1.35 bits per heavy atom. The molecule has 0 unspecified atom stereocenters. The standard InChI is InChI=1S/C13H20ClN3/c1-11-10-12(14)2-3-13(11)16-6-9-17-7-4-15-5-8-17/h2-3,10,15-16H,4-9H2,1H3. The van der Waals surface area contributed by atoms with E-state index in [9.17, 15) is 0 Å². The van der Waals surface area contributed by atoms with Gasteiger partial charge in [0.1, 0.15) is 0 Å². The first-order chi connectivity index (χ1) is 8.25. The maximum Gasteiger partial charge on any atom is 0.0410 e. The van der Waals surface area contributed by atoms with Crippen LogP contribution in [0.1, 0.15) is 5.56 Å². The average Bonchev–Trinajstić information content (AvgIpc) is 2.33. The molecule has 2 N–H and O–H groups in total. The summed E-state index contributed by atoms with van der Waals surface area (Å²) in [6.07, 6.45) is 0. The summed E-state index contributed by atoms with van der Waals surface area (Å²) in [5.41, 5.74) is 2.39. The van der Waals surface area contributed by atoms with E-state index in [1.54, 1.807) is 0 Å². The van der Waals surface area contributed by atoms with Crippen molar-refractivity contribution in [2.45, 2.75) is 6.92 Å². The van der Waals surface area contributed by atoms with Gasteiger partial charge < -0.3 is 10.6 Å². The Morgan fingerprint density at radius 3 is 2.82 bits per heavy atom. The summed E-state index contributed by atoms with van der Waals surface area (Å²) >= 11 is 5.93. The van der Waals surface area contributed by atoms with Gasteiger partial charge in [0, 0.05) is 50.0 Å². The van der Waals surface area contributed by atoms with Crippen LogP contribution >= 0.6 is 11.6 Å². The minimum Gasteiger partial charge on any atom is -0.384 e. The molecular formula is C13H20ClN3. The van der Waals surface area contributed by atoms with E-state index in [0.29, 0.717) is 0 Å². The number of hydrogen-bond acceptors (Lipinski definition) is 3. The van der Waals surface area contributed by atoms with Crippen molar-refractivity contribution >= 4 is 17.3 Å². The van der Waals surface area contributed by atoms with Crippen molar-refractivity contribution in [3.05, 3.63) is 28.8 Å². The molecular weight excluding hydrogens is 234 g/mol. The molecule has 2 rings (SSSR count). The lowest BCUT2D eigenvalue weighted by atomic mass is 10.2. The number of halogens is 1. The highest BCUT2D eigenvalue weighted by Gasteiger charge is 2.08. The molecule has 4 heteroatoms. The van der Waals surface area contributed by atoms with Gasteiger partial charge in [0.25, 0.3) is 0 Å². The van der Waals surface area contributed by atoms with Crippen LogP contribution < -0.4 is 10.6 Å². The van der Waals surface area contributed by atoms with E-state index in [4.69, 9.17) is 11.6 Å². The van der Waals surface area contributed by atoms with Gasteiger partial charge in [-0.05, 0) is 30.7 Å². The average molecular weight is 254 g/mol. The summed E-state index contributed by atoms with van der Waals surface area (Å²) in [4.78, 5) is 2.48. The third-order valence-electron chi connectivity index (χ3n) is 3.14. The number of piperazine rings is 1. The van der Waals surface area contributed by atoms with Crippen molar-refractivity contribution in [1.29, 1.82) is 0 Å². The molecule has 1 saturated heterocycles. The fourth-order valence-corrected chi connectivity index (χ4v) is 2.34. The van der Waals surface area contributed by atoms with Gasteiger partial charge in [0.2, 0.25) is 0 Å². The van der Waals surface area contributed by atoms with E-state index in [0.717, 1.165) is 44.3 Å². The van der Waals surface area contributed by atoms with Crippen LogP contribution in [0, 0.1) is 6.92 Å². The van der Waals surface area contributed by atoms with Gasteiger partial charge >= 0.3 is 0 Å². The van der Waals surface area contributed by atoms with Crippen LogP contribution in [0.5, 0.6) is 0 Å². The molecule has 0 atom stereocenters. The quantitative estimate of drug-likeness (QED) is 0.859. The number of nitrogens with one attached hydrogen (secondary N) is 2. The molecule has 0 aliphatic carbocycles. The zero-order valence-electron chi connectivity index (χ0n) is 10.3. The fraction of sp³-hybridized carbons (Fsp3) is 0.538. The second-order valence-corrected chi connectivity index (χ2v) is 4.91. The zero-order valence-corrected chi connectivity index (χ0v) is 11.1. The van der Waals surface area contributed by atoms with Gasteiger partial charge in [0.15, 0.2) is 0 Å². The fourth-order valence-electron chi connectivity index (χ4n) is 2.11. The number of anilines is 1. The lowest BCUT2D eigenvalue weighted by molar-refractivity contribution is 0.249. The molecule has 0 aromatic heterocycles. The third kappa shape index (κ3) is 3.87. The van der Waals surface area contributed by atoms with Crippen LogP contribution in [0.4, 0.5) is 5.69 Å². The molecule has 0 saturated carbocycles. The highest BCUT2D eigenvalue weighted by Crippen LogP contribution is 2.19. The second-order valence-electron chi connectivity index (χ2n) is 4.48. The molecule has 1 fully saturated rings. The molecule has 1 aliphatic rings. The maximum atomic E-state index is 5.93. The van der Waals surface area contributed by atoms with Crippen molar-refractivity contribution in [2.24, 2.45) is 0 Å². The highest BCUT2D eigenvalue weighted by molar-refractivity contribution is 6.30. The molecule has 1 aromatic rings. The van der Waals surface area contributed by atoms with Crippen LogP contribution in [-0.4, -0.2) is 44.2 Å². The summed E-state index contributed by atoms with van der Waals surface area (Å²) in [6, 6.07) is 5.98. The monoisotopic (exact) mass is 253 g/mol. The van der Waals surface area contributed by atoms with Gasteiger partial charge in [-0.25, -0.2) is 0 Å². The van der Waals surface area contributed by atoms with Crippen molar-refractivity contribution in [3.63, 3.8) is 0 Å². The zero-order chi connectivity index (χ0) is 12.1. The normalized spacial score (nSPS) is 17.1. The SMILES string of the molecule is Cc1cc(Cl)ccc1NCCN1CCNCC1. The van der Waals surface area contributed by atoms with E-state index >= 15 is 0 Å². The molecule has 0 bridgehead atoms. The topological polar surface area (TPSA) is 27.3 Å². The third-order valence-corrected chi connectivity index (χ3v) is 3.38. The Kier molecular flexibility index (Phi) is 4.66. The van der Waals surface area contributed by atoms with Crippen LogP contribution in [0.3, 0.4) is 0 Å². The highest BCUT2D eigenvalue weighted by atomic mass is 35.5. The van der Waals surface area contributed by atoms with Gasteiger partial charge in [-0.3, -0.25) is 4.90 Å². The van der Waals surface area contributed by atoms with Crippen LogP contribution in [0.25, 0.3) is 0 Å². The van der Waals surface area contributed by atoms with Gasteiger partial charge in [-0.15, -0.1) is 0 Å². The number of hydrogen-bond donors (Lipinski definition) is 2. The van der Waals surface area contributed by atoms with Crippen molar-refractivity contribution in [1.82, 2.24) is 10.2 Å². The lowest BCUT2D eigenvalue weighted by Gasteiger charge is -2.27. The van der Waals surface area contributed by atoms with Crippen molar-refractivity contribution < 1.29 is 0 Å². The predicted octanol–water partition coefficient (Wildman–Crippen LogP) is 1.97. The minimum atomic E-state index is 0.801. The Bertz CT molecular complexity index is 362. The summed E-state index contributed by atoms with van der Waals surface area (Å²) in [5, 5.41) is 7.63. The van der Waals surface area contributed by atoms with E-state index < -0.39 is 0 Å². The summed E-state index contributed by atoms with van der Waals surface area (Å²) < 4.78 is 0. The maximum absolute atomic E-state index is 5.93. The molecule has 1 heterocycles. The second kappa shape index (κ2) is 6.24. The largest absolute Gasteiger partial charge is 0.384 e. The Labute approximate surface area is 108 Å². The molecule has 3 nitrogen and oxygen atoms in total. The predicted molar refractivity (Wildman–Crippen MR) is 74.0 cm³/mol. The molecule has 1 aromatic carbocycles. The first kappa shape index (κ1) is 12.7. The summed E-state index contributed by atoms with van der Waals surface area (Å²) in [7, 11) is 0. The molecule has 0 amide bonds. The number of benzene rings is 1. The smallest absolute Gasteiger partial charge is 0.0410 e. The van der Waals surface area contributed by atoms with Crippen LogP contribution in [0.2, 0.25) is 5.02 Å². The van der Waals surface area contributed by atoms with Gasteiger partial charge in [-0.2, -0.15) is 0 Å². The first-order valence-corrected chi connectivity index (χ1v) is 6.56. The van der Waals surface area contributed by atoms with Gasteiger partial charge in [0.05, 0.1) is 0 Å². The Balaban J connectivity index is 1.77. The Hall–Kier alpha value is -0.770.